The molecule has 0 fully saturated rings. The Morgan fingerprint density at radius 3 is 2.30 bits per heavy atom. The summed E-state index contributed by atoms with van der Waals surface area (Å²) < 4.78 is 31.2. The van der Waals surface area contributed by atoms with Crippen molar-refractivity contribution in [1.29, 1.82) is 0 Å². The maximum absolute atomic E-state index is 12.7. The van der Waals surface area contributed by atoms with Gasteiger partial charge in [0.25, 0.3) is 11.6 Å². The van der Waals surface area contributed by atoms with Gasteiger partial charge < -0.3 is 10.1 Å². The predicted octanol–water partition coefficient (Wildman–Crippen LogP) is 2.66. The Morgan fingerprint density at radius 1 is 1.10 bits per heavy atom. The van der Waals surface area contributed by atoms with Crippen molar-refractivity contribution in [3.8, 4) is 0 Å². The summed E-state index contributed by atoms with van der Waals surface area (Å²) in [6.07, 6.45) is 0. The van der Waals surface area contributed by atoms with Crippen LogP contribution >= 0.6 is 0 Å². The third kappa shape index (κ3) is 4.99. The zero-order chi connectivity index (χ0) is 22.5. The smallest absolute Gasteiger partial charge is 0.338 e. The van der Waals surface area contributed by atoms with Crippen LogP contribution in [0.4, 0.5) is 11.4 Å². The number of rotatable bonds is 8. The predicted molar refractivity (Wildman–Crippen MR) is 109 cm³/mol. The van der Waals surface area contributed by atoms with Crippen LogP contribution in [0.1, 0.15) is 34.6 Å². The van der Waals surface area contributed by atoms with Gasteiger partial charge in [-0.05, 0) is 24.3 Å². The van der Waals surface area contributed by atoms with E-state index in [0.29, 0.717) is 13.1 Å². The lowest BCUT2D eigenvalue weighted by Gasteiger charge is -2.18. The van der Waals surface area contributed by atoms with E-state index in [9.17, 15) is 28.1 Å². The Balaban J connectivity index is 2.38. The quantitative estimate of drug-likeness (QED) is 0.382. The van der Waals surface area contributed by atoms with Gasteiger partial charge in [0, 0.05) is 36.5 Å². The molecule has 0 atom stereocenters. The third-order valence-corrected chi connectivity index (χ3v) is 6.29. The number of esters is 1. The Morgan fingerprint density at radius 2 is 1.73 bits per heavy atom. The Kier molecular flexibility index (Phi) is 7.24. The second-order valence-electron chi connectivity index (χ2n) is 6.09. The van der Waals surface area contributed by atoms with E-state index in [1.54, 1.807) is 13.8 Å². The number of nitrogens with one attached hydrogen (secondary N) is 1. The topological polar surface area (TPSA) is 136 Å². The minimum absolute atomic E-state index is 0.00158. The molecule has 2 rings (SSSR count). The average molecular weight is 435 g/mol. The van der Waals surface area contributed by atoms with Gasteiger partial charge in [-0.2, -0.15) is 4.31 Å². The molecule has 0 spiro atoms. The molecule has 0 radical (unpaired) electrons. The summed E-state index contributed by atoms with van der Waals surface area (Å²) in [5.74, 6) is -1.58. The lowest BCUT2D eigenvalue weighted by atomic mass is 10.1. The molecule has 0 heterocycles. The highest BCUT2D eigenvalue weighted by Gasteiger charge is 2.22. The number of carbonyl (C=O) groups excluding carboxylic acids is 2. The number of benzene rings is 2. The SMILES string of the molecule is CCN(CC)S(=O)(=O)c1cccc(NC(=O)c2cc(C(=O)OC)cc([N+](=O)[O-])c2)c1. The van der Waals surface area contributed by atoms with Gasteiger partial charge in [-0.25, -0.2) is 13.2 Å². The number of anilines is 1. The summed E-state index contributed by atoms with van der Waals surface area (Å²) in [6, 6.07) is 8.83. The Hall–Kier alpha value is -3.31. The van der Waals surface area contributed by atoms with Crippen LogP contribution in [0.15, 0.2) is 47.4 Å². The summed E-state index contributed by atoms with van der Waals surface area (Å²) in [5, 5.41) is 13.6. The number of ether oxygens (including phenoxy) is 1. The van der Waals surface area contributed by atoms with Gasteiger partial charge in [-0.15, -0.1) is 0 Å². The summed E-state index contributed by atoms with van der Waals surface area (Å²) in [5.41, 5.74) is -0.586. The number of methoxy groups -OCH3 is 1. The van der Waals surface area contributed by atoms with Crippen molar-refractivity contribution < 1.29 is 27.7 Å². The van der Waals surface area contributed by atoms with E-state index in [1.807, 2.05) is 0 Å². The molecule has 0 aliphatic carbocycles. The summed E-state index contributed by atoms with van der Waals surface area (Å²) in [4.78, 5) is 34.7. The van der Waals surface area contributed by atoms with Gasteiger partial charge in [0.15, 0.2) is 0 Å². The molecular formula is C19H21N3O7S. The lowest BCUT2D eigenvalue weighted by molar-refractivity contribution is -0.384. The van der Waals surface area contributed by atoms with Crippen molar-refractivity contribution in [2.75, 3.05) is 25.5 Å². The minimum Gasteiger partial charge on any atom is -0.465 e. The lowest BCUT2D eigenvalue weighted by Crippen LogP contribution is -2.30. The number of nitro groups is 1. The van der Waals surface area contributed by atoms with Gasteiger partial charge in [0.2, 0.25) is 10.0 Å². The number of hydrogen-bond donors (Lipinski definition) is 1. The minimum atomic E-state index is -3.73. The molecule has 0 bridgehead atoms. The molecule has 0 aliphatic rings. The van der Waals surface area contributed by atoms with Crippen LogP contribution in [0.3, 0.4) is 0 Å². The van der Waals surface area contributed by atoms with E-state index >= 15 is 0 Å². The van der Waals surface area contributed by atoms with Gasteiger partial charge in [0.05, 0.1) is 22.5 Å². The molecule has 11 heteroatoms. The van der Waals surface area contributed by atoms with E-state index in [0.717, 1.165) is 25.3 Å². The van der Waals surface area contributed by atoms with Crippen LogP contribution in [-0.4, -0.2) is 49.7 Å². The fourth-order valence-corrected chi connectivity index (χ4v) is 4.24. The van der Waals surface area contributed by atoms with Crippen molar-refractivity contribution in [2.45, 2.75) is 18.7 Å². The molecule has 1 amide bonds. The van der Waals surface area contributed by atoms with E-state index in [-0.39, 0.29) is 21.7 Å². The van der Waals surface area contributed by atoms with Gasteiger partial charge in [0.1, 0.15) is 0 Å². The second kappa shape index (κ2) is 9.46. The van der Waals surface area contributed by atoms with Crippen molar-refractivity contribution in [3.05, 3.63) is 63.7 Å². The van der Waals surface area contributed by atoms with Crippen molar-refractivity contribution in [1.82, 2.24) is 4.31 Å². The van der Waals surface area contributed by atoms with Gasteiger partial charge in [-0.3, -0.25) is 14.9 Å². The van der Waals surface area contributed by atoms with Gasteiger partial charge in [-0.1, -0.05) is 19.9 Å². The van der Waals surface area contributed by atoms with E-state index in [2.05, 4.69) is 10.1 Å². The highest BCUT2D eigenvalue weighted by atomic mass is 32.2. The first-order valence-electron chi connectivity index (χ1n) is 8.93. The third-order valence-electron chi connectivity index (χ3n) is 4.25. The second-order valence-corrected chi connectivity index (χ2v) is 8.03. The molecule has 0 unspecified atom stereocenters. The number of carbonyl (C=O) groups is 2. The van der Waals surface area contributed by atoms with Crippen LogP contribution < -0.4 is 5.32 Å². The average Bonchev–Trinajstić information content (AvgIpc) is 2.73. The van der Waals surface area contributed by atoms with Gasteiger partial charge >= 0.3 is 5.97 Å². The van der Waals surface area contributed by atoms with Crippen molar-refractivity contribution in [2.24, 2.45) is 0 Å². The molecule has 30 heavy (non-hydrogen) atoms. The maximum Gasteiger partial charge on any atom is 0.338 e. The zero-order valence-corrected chi connectivity index (χ0v) is 17.4. The Labute approximate surface area is 173 Å². The van der Waals surface area contributed by atoms with Crippen molar-refractivity contribution >= 4 is 33.3 Å². The molecule has 160 valence electrons. The molecule has 2 aromatic rings. The first-order valence-corrected chi connectivity index (χ1v) is 10.4. The fraction of sp³-hybridized carbons (Fsp3) is 0.263. The van der Waals surface area contributed by atoms with Crippen LogP contribution in [0, 0.1) is 10.1 Å². The number of sulfonamides is 1. The maximum atomic E-state index is 12.7. The molecule has 10 nitrogen and oxygen atoms in total. The highest BCUT2D eigenvalue weighted by Crippen LogP contribution is 2.22. The number of nitrogens with zero attached hydrogens (tertiary/aromatic N) is 2. The standard InChI is InChI=1S/C19H21N3O7S/c1-4-21(5-2)30(27,28)17-8-6-7-15(12-17)20-18(23)13-9-14(19(24)29-3)11-16(10-13)22(25)26/h6-12H,4-5H2,1-3H3,(H,20,23). The molecule has 0 aromatic heterocycles. The highest BCUT2D eigenvalue weighted by molar-refractivity contribution is 7.89. The largest absolute Gasteiger partial charge is 0.465 e. The normalized spacial score (nSPS) is 11.2. The van der Waals surface area contributed by atoms with Crippen LogP contribution in [0.5, 0.6) is 0 Å². The number of non-ortho nitro benzene ring substituents is 1. The summed E-state index contributed by atoms with van der Waals surface area (Å²) >= 11 is 0. The van der Waals surface area contributed by atoms with Crippen LogP contribution in [0.2, 0.25) is 0 Å². The number of hydrogen-bond acceptors (Lipinski definition) is 7. The van der Waals surface area contributed by atoms with E-state index in [1.165, 1.54) is 28.6 Å². The summed E-state index contributed by atoms with van der Waals surface area (Å²) in [7, 11) is -2.62. The number of nitro benzene ring substituents is 1. The fourth-order valence-electron chi connectivity index (χ4n) is 2.73. The molecule has 2 aromatic carbocycles. The van der Waals surface area contributed by atoms with E-state index in [4.69, 9.17) is 0 Å². The zero-order valence-electron chi connectivity index (χ0n) is 16.6. The first-order chi connectivity index (χ1) is 14.1. The summed E-state index contributed by atoms with van der Waals surface area (Å²) in [6.45, 7) is 4.01. The molecule has 0 aliphatic heterocycles. The Bertz CT molecular complexity index is 1080. The molecule has 0 saturated carbocycles. The van der Waals surface area contributed by atoms with Crippen LogP contribution in [-0.2, 0) is 14.8 Å². The monoisotopic (exact) mass is 435 g/mol. The molecular weight excluding hydrogens is 414 g/mol. The molecule has 1 N–H and O–H groups in total. The van der Waals surface area contributed by atoms with Crippen LogP contribution in [0.25, 0.3) is 0 Å². The van der Waals surface area contributed by atoms with E-state index < -0.39 is 32.5 Å². The van der Waals surface area contributed by atoms with Crippen molar-refractivity contribution in [3.63, 3.8) is 0 Å². The number of amides is 1. The molecule has 0 saturated heterocycles. The first kappa shape index (κ1) is 23.0.